The molecule has 1 atom stereocenters. The van der Waals surface area contributed by atoms with Gasteiger partial charge in [-0.2, -0.15) is 0 Å². The number of hydrogen-bond acceptors (Lipinski definition) is 1. The molecule has 2 aromatic rings. The molecule has 0 heterocycles. The third kappa shape index (κ3) is 3.51. The first-order valence-electron chi connectivity index (χ1n) is 6.65. The lowest BCUT2D eigenvalue weighted by molar-refractivity contribution is 0.711. The molecular formula is C17H19Br2N. The third-order valence-corrected chi connectivity index (χ3v) is 4.84. The molecule has 0 amide bonds. The van der Waals surface area contributed by atoms with Gasteiger partial charge < -0.3 is 5.73 Å². The van der Waals surface area contributed by atoms with E-state index in [1.807, 2.05) is 12.1 Å². The molecule has 0 bridgehead atoms. The second-order valence-electron chi connectivity index (χ2n) is 5.35. The molecular weight excluding hydrogens is 378 g/mol. The number of nitrogens with two attached hydrogens (primary N) is 1. The molecule has 1 nitrogen and oxygen atoms in total. The van der Waals surface area contributed by atoms with Crippen LogP contribution < -0.4 is 5.73 Å². The molecule has 0 saturated heterocycles. The number of halogens is 2. The first-order valence-corrected chi connectivity index (χ1v) is 8.24. The van der Waals surface area contributed by atoms with Crippen molar-refractivity contribution in [3.05, 3.63) is 67.1 Å². The molecule has 3 heteroatoms. The molecule has 0 aromatic heterocycles. The van der Waals surface area contributed by atoms with Crippen LogP contribution in [0.4, 0.5) is 0 Å². The highest BCUT2D eigenvalue weighted by atomic mass is 79.9. The van der Waals surface area contributed by atoms with Gasteiger partial charge >= 0.3 is 0 Å². The maximum atomic E-state index is 6.42. The Morgan fingerprint density at radius 3 is 2.20 bits per heavy atom. The second kappa shape index (κ2) is 6.42. The van der Waals surface area contributed by atoms with Crippen LogP contribution in [0.5, 0.6) is 0 Å². The average Bonchev–Trinajstić information content (AvgIpc) is 2.36. The fraction of sp³-hybridized carbons (Fsp3) is 0.294. The van der Waals surface area contributed by atoms with E-state index in [2.05, 4.69) is 70.8 Å². The van der Waals surface area contributed by atoms with Gasteiger partial charge in [0.2, 0.25) is 0 Å². The molecule has 2 N–H and O–H groups in total. The van der Waals surface area contributed by atoms with Crippen molar-refractivity contribution in [3.63, 3.8) is 0 Å². The van der Waals surface area contributed by atoms with E-state index in [0.29, 0.717) is 0 Å². The zero-order chi connectivity index (χ0) is 14.9. The molecule has 20 heavy (non-hydrogen) atoms. The predicted molar refractivity (Wildman–Crippen MR) is 93.1 cm³/mol. The van der Waals surface area contributed by atoms with E-state index in [1.165, 1.54) is 22.3 Å². The second-order valence-corrected chi connectivity index (χ2v) is 7.12. The lowest BCUT2D eigenvalue weighted by Gasteiger charge is -2.18. The van der Waals surface area contributed by atoms with Crippen LogP contribution in [-0.4, -0.2) is 0 Å². The largest absolute Gasteiger partial charge is 0.324 e. The number of rotatable bonds is 3. The van der Waals surface area contributed by atoms with Crippen LogP contribution in [0.15, 0.2) is 39.3 Å². The summed E-state index contributed by atoms with van der Waals surface area (Å²) in [5.74, 6) is 0. The third-order valence-electron chi connectivity index (χ3n) is 3.62. The summed E-state index contributed by atoms with van der Waals surface area (Å²) in [5, 5.41) is 0. The van der Waals surface area contributed by atoms with Crippen molar-refractivity contribution in [3.8, 4) is 0 Å². The lowest BCUT2D eigenvalue weighted by Crippen LogP contribution is -2.15. The molecule has 0 aliphatic carbocycles. The minimum absolute atomic E-state index is 0.0121. The minimum Gasteiger partial charge on any atom is -0.324 e. The Morgan fingerprint density at radius 1 is 1.00 bits per heavy atom. The summed E-state index contributed by atoms with van der Waals surface area (Å²) in [6.45, 7) is 6.46. The fourth-order valence-corrected chi connectivity index (χ4v) is 3.58. The highest BCUT2D eigenvalue weighted by Crippen LogP contribution is 2.29. The van der Waals surface area contributed by atoms with Crippen molar-refractivity contribution in [2.45, 2.75) is 33.2 Å². The number of hydrogen-bond donors (Lipinski definition) is 1. The molecule has 106 valence electrons. The summed E-state index contributed by atoms with van der Waals surface area (Å²) in [6, 6.07) is 10.6. The summed E-state index contributed by atoms with van der Waals surface area (Å²) in [7, 11) is 0. The van der Waals surface area contributed by atoms with Crippen molar-refractivity contribution < 1.29 is 0 Å². The molecule has 0 spiro atoms. The van der Waals surface area contributed by atoms with Gasteiger partial charge in [-0.1, -0.05) is 49.6 Å². The topological polar surface area (TPSA) is 26.0 Å². The molecule has 0 aliphatic heterocycles. The van der Waals surface area contributed by atoms with Crippen LogP contribution in [-0.2, 0) is 6.42 Å². The van der Waals surface area contributed by atoms with Gasteiger partial charge in [-0.05, 0) is 67.6 Å². The molecule has 2 aromatic carbocycles. The minimum atomic E-state index is -0.0121. The van der Waals surface area contributed by atoms with Crippen molar-refractivity contribution in [2.24, 2.45) is 5.73 Å². The molecule has 0 fully saturated rings. The van der Waals surface area contributed by atoms with E-state index >= 15 is 0 Å². The van der Waals surface area contributed by atoms with E-state index in [1.54, 1.807) is 0 Å². The van der Waals surface area contributed by atoms with E-state index in [4.69, 9.17) is 5.73 Å². The number of benzene rings is 2. The van der Waals surface area contributed by atoms with Gasteiger partial charge in [-0.15, -0.1) is 0 Å². The van der Waals surface area contributed by atoms with Gasteiger partial charge in [0, 0.05) is 15.0 Å². The lowest BCUT2D eigenvalue weighted by atomic mass is 9.92. The zero-order valence-corrected chi connectivity index (χ0v) is 15.2. The van der Waals surface area contributed by atoms with Crippen LogP contribution >= 0.6 is 31.9 Å². The Labute approximate surface area is 137 Å². The Kier molecular flexibility index (Phi) is 5.05. The maximum absolute atomic E-state index is 6.42. The predicted octanol–water partition coefficient (Wildman–Crippen LogP) is 5.38. The average molecular weight is 397 g/mol. The molecule has 0 aliphatic rings. The molecule has 0 radical (unpaired) electrons. The van der Waals surface area contributed by atoms with E-state index in [0.717, 1.165) is 20.9 Å². The Morgan fingerprint density at radius 2 is 1.60 bits per heavy atom. The smallest absolute Gasteiger partial charge is 0.0347 e. The van der Waals surface area contributed by atoms with Crippen LogP contribution in [0, 0.1) is 20.8 Å². The first-order chi connectivity index (χ1) is 9.38. The summed E-state index contributed by atoms with van der Waals surface area (Å²) >= 11 is 7.10. The summed E-state index contributed by atoms with van der Waals surface area (Å²) in [5.41, 5.74) is 12.9. The standard InChI is InChI=1S/C17H19Br2N/c1-10-6-11(2)14(12(3)7-10)9-17(20)15-8-13(18)4-5-16(15)19/h4-8,17H,9,20H2,1-3H3. The molecule has 1 unspecified atom stereocenters. The van der Waals surface area contributed by atoms with Crippen molar-refractivity contribution in [1.29, 1.82) is 0 Å². The van der Waals surface area contributed by atoms with Crippen molar-refractivity contribution in [1.82, 2.24) is 0 Å². The first kappa shape index (κ1) is 15.7. The SMILES string of the molecule is Cc1cc(C)c(CC(N)c2cc(Br)ccc2Br)c(C)c1. The summed E-state index contributed by atoms with van der Waals surface area (Å²) < 4.78 is 2.12. The highest BCUT2D eigenvalue weighted by Gasteiger charge is 2.14. The van der Waals surface area contributed by atoms with E-state index in [-0.39, 0.29) is 6.04 Å². The Hall–Kier alpha value is -0.640. The van der Waals surface area contributed by atoms with Gasteiger partial charge in [-0.25, -0.2) is 0 Å². The normalized spacial score (nSPS) is 12.5. The fourth-order valence-electron chi connectivity index (χ4n) is 2.66. The van der Waals surface area contributed by atoms with E-state index < -0.39 is 0 Å². The molecule has 2 rings (SSSR count). The summed E-state index contributed by atoms with van der Waals surface area (Å²) in [4.78, 5) is 0. The summed E-state index contributed by atoms with van der Waals surface area (Å²) in [6.07, 6.45) is 0.854. The van der Waals surface area contributed by atoms with Gasteiger partial charge in [0.1, 0.15) is 0 Å². The van der Waals surface area contributed by atoms with E-state index in [9.17, 15) is 0 Å². The zero-order valence-electron chi connectivity index (χ0n) is 12.0. The monoisotopic (exact) mass is 395 g/mol. The van der Waals surface area contributed by atoms with Crippen LogP contribution in [0.1, 0.15) is 33.9 Å². The van der Waals surface area contributed by atoms with Gasteiger partial charge in [0.15, 0.2) is 0 Å². The Balaban J connectivity index is 2.32. The maximum Gasteiger partial charge on any atom is 0.0347 e. The Bertz CT molecular complexity index is 612. The van der Waals surface area contributed by atoms with Gasteiger partial charge in [-0.3, -0.25) is 0 Å². The van der Waals surface area contributed by atoms with Crippen LogP contribution in [0.25, 0.3) is 0 Å². The van der Waals surface area contributed by atoms with Crippen molar-refractivity contribution in [2.75, 3.05) is 0 Å². The number of aryl methyl sites for hydroxylation is 3. The van der Waals surface area contributed by atoms with Crippen LogP contribution in [0.2, 0.25) is 0 Å². The quantitative estimate of drug-likeness (QED) is 0.740. The highest BCUT2D eigenvalue weighted by molar-refractivity contribution is 9.11. The molecule has 0 saturated carbocycles. The van der Waals surface area contributed by atoms with Gasteiger partial charge in [0.25, 0.3) is 0 Å². The van der Waals surface area contributed by atoms with Crippen LogP contribution in [0.3, 0.4) is 0 Å². The van der Waals surface area contributed by atoms with Gasteiger partial charge in [0.05, 0.1) is 0 Å². The van der Waals surface area contributed by atoms with Crippen molar-refractivity contribution >= 4 is 31.9 Å².